The Hall–Kier alpha value is -1.36. The third-order valence-electron chi connectivity index (χ3n) is 2.96. The van der Waals surface area contributed by atoms with Gasteiger partial charge in [-0.3, -0.25) is 0 Å². The van der Waals surface area contributed by atoms with Crippen molar-refractivity contribution in [1.29, 1.82) is 0 Å². The summed E-state index contributed by atoms with van der Waals surface area (Å²) >= 11 is 3.51. The first-order valence-corrected chi connectivity index (χ1v) is 7.73. The van der Waals surface area contributed by atoms with Gasteiger partial charge in [-0.2, -0.15) is 0 Å². The molecule has 0 fully saturated rings. The molecule has 0 spiro atoms. The molecule has 0 amide bonds. The third-order valence-corrected chi connectivity index (χ3v) is 3.58. The third kappa shape index (κ3) is 5.50. The Morgan fingerprint density at radius 3 is 2.52 bits per heavy atom. The zero-order valence-corrected chi connectivity index (χ0v) is 13.7. The molecule has 1 unspecified atom stereocenters. The lowest BCUT2D eigenvalue weighted by molar-refractivity contribution is 0.00462. The molecule has 2 rings (SSSR count). The van der Waals surface area contributed by atoms with Crippen molar-refractivity contribution < 1.29 is 9.47 Å². The second kappa shape index (κ2) is 8.17. The van der Waals surface area contributed by atoms with Gasteiger partial charge in [0.25, 0.3) is 0 Å². The number of halogens is 1. The van der Waals surface area contributed by atoms with Crippen molar-refractivity contribution >= 4 is 15.9 Å². The van der Waals surface area contributed by atoms with Crippen LogP contribution in [0.2, 0.25) is 0 Å². The summed E-state index contributed by atoms with van der Waals surface area (Å²) < 4.78 is 12.0. The normalized spacial score (nSPS) is 12.1. The molecule has 2 N–H and O–H groups in total. The summed E-state index contributed by atoms with van der Waals surface area (Å²) in [4.78, 5) is 0. The molecule has 0 aliphatic rings. The summed E-state index contributed by atoms with van der Waals surface area (Å²) in [6.07, 6.45) is 0.851. The maximum atomic E-state index is 5.80. The molecule has 21 heavy (non-hydrogen) atoms. The van der Waals surface area contributed by atoms with Crippen molar-refractivity contribution in [2.75, 3.05) is 6.79 Å². The number of nitrogens with two attached hydrogens (primary N) is 1. The number of hydrogen-bond acceptors (Lipinski definition) is 3. The van der Waals surface area contributed by atoms with Crippen molar-refractivity contribution in [2.45, 2.75) is 26.0 Å². The summed E-state index contributed by atoms with van der Waals surface area (Å²) in [7, 11) is 0. The lowest BCUT2D eigenvalue weighted by Gasteiger charge is -2.11. The van der Waals surface area contributed by atoms with E-state index in [9.17, 15) is 0 Å². The van der Waals surface area contributed by atoms with Gasteiger partial charge in [-0.1, -0.05) is 36.4 Å². The van der Waals surface area contributed by atoms with Crippen LogP contribution in [0.5, 0.6) is 5.75 Å². The van der Waals surface area contributed by atoms with Crippen LogP contribution in [0.1, 0.15) is 18.1 Å². The van der Waals surface area contributed by atoms with Crippen LogP contribution in [0.25, 0.3) is 0 Å². The van der Waals surface area contributed by atoms with Gasteiger partial charge in [0.15, 0.2) is 6.79 Å². The molecular formula is C17H20BrNO2. The Bertz CT molecular complexity index is 558. The molecule has 4 heteroatoms. The number of ether oxygens (including phenoxy) is 2. The largest absolute Gasteiger partial charge is 0.466 e. The first-order chi connectivity index (χ1) is 10.1. The zero-order chi connectivity index (χ0) is 15.1. The van der Waals surface area contributed by atoms with E-state index >= 15 is 0 Å². The van der Waals surface area contributed by atoms with Gasteiger partial charge in [0.2, 0.25) is 0 Å². The lowest BCUT2D eigenvalue weighted by atomic mass is 10.1. The maximum Gasteiger partial charge on any atom is 0.189 e. The molecule has 0 bridgehead atoms. The first kappa shape index (κ1) is 16.0. The van der Waals surface area contributed by atoms with Gasteiger partial charge in [-0.25, -0.2) is 0 Å². The van der Waals surface area contributed by atoms with E-state index in [-0.39, 0.29) is 12.8 Å². The van der Waals surface area contributed by atoms with Gasteiger partial charge in [-0.15, -0.1) is 0 Å². The number of rotatable bonds is 7. The van der Waals surface area contributed by atoms with E-state index in [1.54, 1.807) is 0 Å². The predicted octanol–water partition coefficient (Wildman–Crippen LogP) is 3.89. The molecule has 0 saturated carbocycles. The molecule has 112 valence electrons. The summed E-state index contributed by atoms with van der Waals surface area (Å²) in [6, 6.07) is 16.2. The highest BCUT2D eigenvalue weighted by Crippen LogP contribution is 2.26. The van der Waals surface area contributed by atoms with E-state index in [0.29, 0.717) is 6.61 Å². The summed E-state index contributed by atoms with van der Waals surface area (Å²) in [5.41, 5.74) is 8.12. The molecule has 0 aromatic heterocycles. The molecule has 0 saturated heterocycles. The van der Waals surface area contributed by atoms with Crippen molar-refractivity contribution in [1.82, 2.24) is 0 Å². The zero-order valence-electron chi connectivity index (χ0n) is 12.1. The molecule has 2 aromatic rings. The van der Waals surface area contributed by atoms with Crippen LogP contribution in [-0.4, -0.2) is 12.8 Å². The smallest absolute Gasteiger partial charge is 0.189 e. The average Bonchev–Trinajstić information content (AvgIpc) is 2.46. The minimum Gasteiger partial charge on any atom is -0.466 e. The quantitative estimate of drug-likeness (QED) is 0.609. The minimum atomic E-state index is 0.151. The molecule has 1 atom stereocenters. The molecule has 0 heterocycles. The van der Waals surface area contributed by atoms with Crippen LogP contribution >= 0.6 is 15.9 Å². The van der Waals surface area contributed by atoms with Crippen LogP contribution in [0.3, 0.4) is 0 Å². The van der Waals surface area contributed by atoms with Crippen LogP contribution in [0.15, 0.2) is 53.0 Å². The summed E-state index contributed by atoms with van der Waals surface area (Å²) in [5.74, 6) is 0.775. The van der Waals surface area contributed by atoms with Crippen molar-refractivity contribution in [3.63, 3.8) is 0 Å². The standard InChI is InChI=1S/C17H20BrNO2/c1-13(19)9-15-7-8-17(16(18)10-15)21-12-20-11-14-5-3-2-4-6-14/h2-8,10,13H,9,11-12,19H2,1H3. The molecule has 3 nitrogen and oxygen atoms in total. The van der Waals surface area contributed by atoms with Crippen molar-refractivity contribution in [3.8, 4) is 5.75 Å². The first-order valence-electron chi connectivity index (χ1n) is 6.93. The Kier molecular flexibility index (Phi) is 6.23. The Morgan fingerprint density at radius 1 is 1.10 bits per heavy atom. The van der Waals surface area contributed by atoms with Crippen LogP contribution in [-0.2, 0) is 17.8 Å². The van der Waals surface area contributed by atoms with Gasteiger partial charge in [0.1, 0.15) is 5.75 Å². The van der Waals surface area contributed by atoms with Crippen molar-refractivity contribution in [2.24, 2.45) is 5.73 Å². The fraction of sp³-hybridized carbons (Fsp3) is 0.294. The maximum absolute atomic E-state index is 5.80. The van der Waals surface area contributed by atoms with E-state index in [4.69, 9.17) is 15.2 Å². The van der Waals surface area contributed by atoms with Gasteiger partial charge in [0, 0.05) is 6.04 Å². The van der Waals surface area contributed by atoms with Crippen LogP contribution in [0, 0.1) is 0 Å². The Morgan fingerprint density at radius 2 is 1.86 bits per heavy atom. The molecule has 0 aliphatic carbocycles. The second-order valence-corrected chi connectivity index (χ2v) is 5.90. The fourth-order valence-electron chi connectivity index (χ4n) is 2.00. The van der Waals surface area contributed by atoms with E-state index in [2.05, 4.69) is 15.9 Å². The Labute approximate surface area is 134 Å². The summed E-state index contributed by atoms with van der Waals surface area (Å²) in [6.45, 7) is 2.76. The van der Waals surface area contributed by atoms with Gasteiger partial charge >= 0.3 is 0 Å². The van der Waals surface area contributed by atoms with Gasteiger partial charge in [-0.05, 0) is 52.5 Å². The second-order valence-electron chi connectivity index (χ2n) is 5.04. The van der Waals surface area contributed by atoms with Crippen molar-refractivity contribution in [3.05, 3.63) is 64.1 Å². The molecule has 0 aliphatic heterocycles. The molecule has 2 aromatic carbocycles. The Balaban J connectivity index is 1.80. The SMILES string of the molecule is CC(N)Cc1ccc(OCOCc2ccccc2)c(Br)c1. The predicted molar refractivity (Wildman–Crippen MR) is 88.2 cm³/mol. The molecular weight excluding hydrogens is 330 g/mol. The van der Waals surface area contributed by atoms with E-state index in [1.165, 1.54) is 5.56 Å². The highest BCUT2D eigenvalue weighted by Gasteiger charge is 2.04. The average molecular weight is 350 g/mol. The fourth-order valence-corrected chi connectivity index (χ4v) is 2.54. The van der Waals surface area contributed by atoms with Gasteiger partial charge in [0.05, 0.1) is 11.1 Å². The lowest BCUT2D eigenvalue weighted by Crippen LogP contribution is -2.17. The number of benzene rings is 2. The monoisotopic (exact) mass is 349 g/mol. The van der Waals surface area contributed by atoms with E-state index in [0.717, 1.165) is 22.2 Å². The van der Waals surface area contributed by atoms with E-state index in [1.807, 2.05) is 55.5 Å². The highest BCUT2D eigenvalue weighted by atomic mass is 79.9. The topological polar surface area (TPSA) is 44.5 Å². The minimum absolute atomic E-state index is 0.151. The van der Waals surface area contributed by atoms with Crippen LogP contribution in [0.4, 0.5) is 0 Å². The molecule has 0 radical (unpaired) electrons. The van der Waals surface area contributed by atoms with E-state index < -0.39 is 0 Å². The summed E-state index contributed by atoms with van der Waals surface area (Å²) in [5, 5.41) is 0. The van der Waals surface area contributed by atoms with Gasteiger partial charge < -0.3 is 15.2 Å². The number of hydrogen-bond donors (Lipinski definition) is 1. The van der Waals surface area contributed by atoms with Crippen LogP contribution < -0.4 is 10.5 Å². The highest BCUT2D eigenvalue weighted by molar-refractivity contribution is 9.10.